The van der Waals surface area contributed by atoms with Gasteiger partial charge >= 0.3 is 0 Å². The van der Waals surface area contributed by atoms with Gasteiger partial charge in [-0.15, -0.1) is 0 Å². The van der Waals surface area contributed by atoms with Gasteiger partial charge in [-0.25, -0.2) is 14.4 Å². The Balaban J connectivity index is 1.66. The summed E-state index contributed by atoms with van der Waals surface area (Å²) in [5, 5.41) is 4.49. The molecule has 0 radical (unpaired) electrons. The van der Waals surface area contributed by atoms with Crippen LogP contribution in [0.4, 0.5) is 10.3 Å². The first-order chi connectivity index (χ1) is 12.2. The van der Waals surface area contributed by atoms with Gasteiger partial charge in [0.25, 0.3) is 0 Å². The highest BCUT2D eigenvalue weighted by atomic mass is 32.2. The van der Waals surface area contributed by atoms with Crippen LogP contribution in [0, 0.1) is 12.7 Å². The van der Waals surface area contributed by atoms with Gasteiger partial charge in [0.15, 0.2) is 0 Å². The van der Waals surface area contributed by atoms with Gasteiger partial charge in [-0.05, 0) is 69.4 Å². The zero-order chi connectivity index (χ0) is 17.6. The van der Waals surface area contributed by atoms with Crippen molar-refractivity contribution in [1.29, 1.82) is 0 Å². The van der Waals surface area contributed by atoms with Crippen molar-refractivity contribution in [2.24, 2.45) is 0 Å². The van der Waals surface area contributed by atoms with Gasteiger partial charge < -0.3 is 10.2 Å². The van der Waals surface area contributed by atoms with Gasteiger partial charge in [0.1, 0.15) is 5.82 Å². The van der Waals surface area contributed by atoms with Gasteiger partial charge in [-0.2, -0.15) is 11.8 Å². The minimum Gasteiger partial charge on any atom is -0.341 e. The quantitative estimate of drug-likeness (QED) is 0.792. The Morgan fingerprint density at radius 1 is 1.28 bits per heavy atom. The van der Waals surface area contributed by atoms with Crippen molar-refractivity contribution in [3.05, 3.63) is 29.7 Å². The monoisotopic (exact) mass is 362 g/mol. The second-order valence-electron chi connectivity index (χ2n) is 6.69. The lowest BCUT2D eigenvalue weighted by Gasteiger charge is -2.21. The molecule has 1 aromatic carbocycles. The van der Waals surface area contributed by atoms with Crippen LogP contribution >= 0.6 is 11.8 Å². The summed E-state index contributed by atoms with van der Waals surface area (Å²) in [6.07, 6.45) is 6.84. The molecule has 1 atom stereocenters. The molecule has 25 heavy (non-hydrogen) atoms. The number of aryl methyl sites for hydroxylation is 1. The summed E-state index contributed by atoms with van der Waals surface area (Å²) in [5.74, 6) is 1.76. The average molecular weight is 363 g/mol. The maximum Gasteiger partial charge on any atom is 0.226 e. The predicted octanol–water partition coefficient (Wildman–Crippen LogP) is 3.78. The standard InChI is InChI=1S/C19H27FN4S/c1-14-17-13-15(20)6-7-18(17)23-19(22-14)24-10-3-5-16(8-11-24)21-9-4-12-25-2/h6-7,13,16,21H,3-5,8-12H2,1-2H3. The Morgan fingerprint density at radius 2 is 2.16 bits per heavy atom. The Labute approximate surface area is 153 Å². The highest BCUT2D eigenvalue weighted by Gasteiger charge is 2.19. The number of nitrogens with zero attached hydrogens (tertiary/aromatic N) is 3. The third-order valence-corrected chi connectivity index (χ3v) is 5.50. The van der Waals surface area contributed by atoms with E-state index < -0.39 is 0 Å². The van der Waals surface area contributed by atoms with E-state index in [4.69, 9.17) is 0 Å². The molecule has 0 spiro atoms. The number of aromatic nitrogens is 2. The van der Waals surface area contributed by atoms with Gasteiger partial charge in [0.2, 0.25) is 5.95 Å². The molecular formula is C19H27FN4S. The van der Waals surface area contributed by atoms with Crippen molar-refractivity contribution < 1.29 is 4.39 Å². The lowest BCUT2D eigenvalue weighted by molar-refractivity contribution is 0.472. The summed E-state index contributed by atoms with van der Waals surface area (Å²) in [7, 11) is 0. The van der Waals surface area contributed by atoms with Crippen LogP contribution in [-0.2, 0) is 0 Å². The zero-order valence-electron chi connectivity index (χ0n) is 15.1. The molecule has 1 fully saturated rings. The lowest BCUT2D eigenvalue weighted by Crippen LogP contribution is -2.32. The third kappa shape index (κ3) is 4.82. The van der Waals surface area contributed by atoms with Gasteiger partial charge in [0.05, 0.1) is 11.2 Å². The molecule has 3 rings (SSSR count). The van der Waals surface area contributed by atoms with Crippen molar-refractivity contribution in [3.63, 3.8) is 0 Å². The molecule has 1 aliphatic heterocycles. The summed E-state index contributed by atoms with van der Waals surface area (Å²) < 4.78 is 13.4. The number of fused-ring (bicyclic) bond motifs is 1. The SMILES string of the molecule is CSCCCNC1CCCN(c2nc(C)c3cc(F)ccc3n2)CC1. The molecule has 1 saturated heterocycles. The zero-order valence-corrected chi connectivity index (χ0v) is 15.9. The smallest absolute Gasteiger partial charge is 0.226 e. The number of rotatable bonds is 6. The van der Waals surface area contributed by atoms with Crippen molar-refractivity contribution in [1.82, 2.24) is 15.3 Å². The molecule has 2 aromatic rings. The van der Waals surface area contributed by atoms with Crippen molar-refractivity contribution >= 4 is 28.6 Å². The predicted molar refractivity (Wildman–Crippen MR) is 105 cm³/mol. The summed E-state index contributed by atoms with van der Waals surface area (Å²) in [6.45, 7) is 4.98. The topological polar surface area (TPSA) is 41.0 Å². The second kappa shape index (κ2) is 8.81. The molecule has 1 aromatic heterocycles. The normalized spacial score (nSPS) is 18.5. The molecule has 136 valence electrons. The third-order valence-electron chi connectivity index (χ3n) is 4.81. The molecule has 4 nitrogen and oxygen atoms in total. The number of hydrogen-bond acceptors (Lipinski definition) is 5. The molecule has 6 heteroatoms. The first-order valence-electron chi connectivity index (χ1n) is 9.08. The van der Waals surface area contributed by atoms with Crippen LogP contribution in [0.2, 0.25) is 0 Å². The fourth-order valence-corrected chi connectivity index (χ4v) is 3.84. The van der Waals surface area contributed by atoms with Crippen molar-refractivity contribution in [3.8, 4) is 0 Å². The first kappa shape index (κ1) is 18.4. The highest BCUT2D eigenvalue weighted by molar-refractivity contribution is 7.98. The van der Waals surface area contributed by atoms with Crippen LogP contribution in [0.1, 0.15) is 31.4 Å². The van der Waals surface area contributed by atoms with Gasteiger partial charge in [0, 0.05) is 24.5 Å². The van der Waals surface area contributed by atoms with E-state index in [9.17, 15) is 4.39 Å². The molecule has 0 bridgehead atoms. The maximum absolute atomic E-state index is 13.4. The summed E-state index contributed by atoms with van der Waals surface area (Å²) in [4.78, 5) is 11.6. The van der Waals surface area contributed by atoms with Crippen molar-refractivity contribution in [2.75, 3.05) is 36.5 Å². The van der Waals surface area contributed by atoms with E-state index in [0.29, 0.717) is 6.04 Å². The molecule has 0 amide bonds. The van der Waals surface area contributed by atoms with Crippen LogP contribution in [0.5, 0.6) is 0 Å². The Hall–Kier alpha value is -1.40. The first-order valence-corrected chi connectivity index (χ1v) is 10.5. The minimum atomic E-state index is -0.239. The largest absolute Gasteiger partial charge is 0.341 e. The Kier molecular flexibility index (Phi) is 6.48. The van der Waals surface area contributed by atoms with Crippen molar-refractivity contribution in [2.45, 2.75) is 38.6 Å². The second-order valence-corrected chi connectivity index (χ2v) is 7.67. The molecular weight excluding hydrogens is 335 g/mol. The molecule has 1 N–H and O–H groups in total. The van der Waals surface area contributed by atoms with Crippen LogP contribution < -0.4 is 10.2 Å². The van der Waals surface area contributed by atoms with Crippen LogP contribution in [0.15, 0.2) is 18.2 Å². The Morgan fingerprint density at radius 3 is 3.00 bits per heavy atom. The van der Waals surface area contributed by atoms with E-state index in [1.54, 1.807) is 6.07 Å². The molecule has 2 heterocycles. The summed E-state index contributed by atoms with van der Waals surface area (Å²) in [6, 6.07) is 5.32. The van der Waals surface area contributed by atoms with E-state index in [0.717, 1.165) is 55.0 Å². The number of nitrogens with one attached hydrogen (secondary N) is 1. The van der Waals surface area contributed by atoms with E-state index in [1.807, 2.05) is 18.7 Å². The lowest BCUT2D eigenvalue weighted by atomic mass is 10.1. The number of anilines is 1. The van der Waals surface area contributed by atoms with E-state index >= 15 is 0 Å². The molecule has 1 unspecified atom stereocenters. The maximum atomic E-state index is 13.4. The van der Waals surface area contributed by atoms with Gasteiger partial charge in [-0.3, -0.25) is 0 Å². The summed E-state index contributed by atoms with van der Waals surface area (Å²) in [5.41, 5.74) is 1.66. The van der Waals surface area contributed by atoms with Crippen LogP contribution in [0.25, 0.3) is 10.9 Å². The van der Waals surface area contributed by atoms with Crippen LogP contribution in [0.3, 0.4) is 0 Å². The van der Waals surface area contributed by atoms with E-state index in [1.165, 1.54) is 30.7 Å². The minimum absolute atomic E-state index is 0.239. The van der Waals surface area contributed by atoms with E-state index in [-0.39, 0.29) is 5.82 Å². The molecule has 0 saturated carbocycles. The average Bonchev–Trinajstić information content (AvgIpc) is 2.85. The van der Waals surface area contributed by atoms with Gasteiger partial charge in [-0.1, -0.05) is 0 Å². The fourth-order valence-electron chi connectivity index (χ4n) is 3.40. The number of thioether (sulfide) groups is 1. The summed E-state index contributed by atoms with van der Waals surface area (Å²) >= 11 is 1.90. The van der Waals surface area contributed by atoms with Crippen LogP contribution in [-0.4, -0.2) is 47.7 Å². The number of halogens is 1. The fraction of sp³-hybridized carbons (Fsp3) is 0.579. The molecule has 0 aliphatic carbocycles. The number of hydrogen-bond donors (Lipinski definition) is 1. The van der Waals surface area contributed by atoms with E-state index in [2.05, 4.69) is 26.4 Å². The Bertz CT molecular complexity index is 709. The number of benzene rings is 1. The molecule has 1 aliphatic rings. The highest BCUT2D eigenvalue weighted by Crippen LogP contribution is 2.22.